The summed E-state index contributed by atoms with van der Waals surface area (Å²) in [5.74, 6) is 1.65. The SMILES string of the molecule is COc1ccccc1CNc1cc(C(=O)NC(C)C)nc(-c2ccccc2)n1. The molecule has 0 spiro atoms. The van der Waals surface area contributed by atoms with Gasteiger partial charge in [0.15, 0.2) is 5.82 Å². The molecule has 0 aliphatic carbocycles. The lowest BCUT2D eigenvalue weighted by molar-refractivity contribution is 0.0938. The first-order valence-electron chi connectivity index (χ1n) is 9.18. The van der Waals surface area contributed by atoms with Gasteiger partial charge in [-0.25, -0.2) is 9.97 Å². The average molecular weight is 376 g/mol. The molecule has 28 heavy (non-hydrogen) atoms. The summed E-state index contributed by atoms with van der Waals surface area (Å²) in [6.45, 7) is 4.34. The van der Waals surface area contributed by atoms with Gasteiger partial charge in [0.2, 0.25) is 0 Å². The number of rotatable bonds is 7. The van der Waals surface area contributed by atoms with E-state index in [4.69, 9.17) is 4.74 Å². The van der Waals surface area contributed by atoms with Crippen LogP contribution in [0, 0.1) is 0 Å². The van der Waals surface area contributed by atoms with Gasteiger partial charge < -0.3 is 15.4 Å². The van der Waals surface area contributed by atoms with Crippen molar-refractivity contribution in [1.29, 1.82) is 0 Å². The van der Waals surface area contributed by atoms with Crippen molar-refractivity contribution in [3.05, 3.63) is 71.9 Å². The fourth-order valence-electron chi connectivity index (χ4n) is 2.74. The number of para-hydroxylation sites is 1. The van der Waals surface area contributed by atoms with Crippen LogP contribution in [-0.4, -0.2) is 29.0 Å². The fourth-order valence-corrected chi connectivity index (χ4v) is 2.74. The minimum atomic E-state index is -0.227. The van der Waals surface area contributed by atoms with Crippen molar-refractivity contribution < 1.29 is 9.53 Å². The quantitative estimate of drug-likeness (QED) is 0.654. The topological polar surface area (TPSA) is 76.1 Å². The highest BCUT2D eigenvalue weighted by atomic mass is 16.5. The molecule has 6 nitrogen and oxygen atoms in total. The summed E-state index contributed by atoms with van der Waals surface area (Å²) in [4.78, 5) is 21.6. The van der Waals surface area contributed by atoms with Crippen LogP contribution in [0.3, 0.4) is 0 Å². The lowest BCUT2D eigenvalue weighted by atomic mass is 10.2. The number of anilines is 1. The Morgan fingerprint density at radius 3 is 2.46 bits per heavy atom. The number of nitrogens with one attached hydrogen (secondary N) is 2. The fraction of sp³-hybridized carbons (Fsp3) is 0.227. The summed E-state index contributed by atoms with van der Waals surface area (Å²) in [5, 5.41) is 6.16. The van der Waals surface area contributed by atoms with E-state index in [-0.39, 0.29) is 11.9 Å². The van der Waals surface area contributed by atoms with Crippen molar-refractivity contribution in [2.24, 2.45) is 0 Å². The molecule has 0 unspecified atom stereocenters. The summed E-state index contributed by atoms with van der Waals surface area (Å²) < 4.78 is 5.40. The third kappa shape index (κ3) is 4.85. The van der Waals surface area contributed by atoms with Crippen LogP contribution in [0.25, 0.3) is 11.4 Å². The molecule has 0 saturated carbocycles. The van der Waals surface area contributed by atoms with Gasteiger partial charge in [0, 0.05) is 29.8 Å². The molecular weight excluding hydrogens is 352 g/mol. The maximum atomic E-state index is 12.5. The van der Waals surface area contributed by atoms with E-state index < -0.39 is 0 Å². The lowest BCUT2D eigenvalue weighted by Gasteiger charge is -2.13. The molecule has 0 fully saturated rings. The van der Waals surface area contributed by atoms with Gasteiger partial charge in [0.25, 0.3) is 5.91 Å². The maximum absolute atomic E-state index is 12.5. The van der Waals surface area contributed by atoms with Gasteiger partial charge in [0.05, 0.1) is 7.11 Å². The number of methoxy groups -OCH3 is 1. The second-order valence-electron chi connectivity index (χ2n) is 6.62. The smallest absolute Gasteiger partial charge is 0.270 e. The number of hydrogen-bond acceptors (Lipinski definition) is 5. The molecule has 0 bridgehead atoms. The Bertz CT molecular complexity index is 942. The number of ether oxygens (including phenoxy) is 1. The van der Waals surface area contributed by atoms with Crippen molar-refractivity contribution in [2.75, 3.05) is 12.4 Å². The number of hydrogen-bond donors (Lipinski definition) is 2. The summed E-state index contributed by atoms with van der Waals surface area (Å²) in [6.07, 6.45) is 0. The highest BCUT2D eigenvalue weighted by molar-refractivity contribution is 5.93. The normalized spacial score (nSPS) is 10.6. The van der Waals surface area contributed by atoms with E-state index in [1.807, 2.05) is 68.4 Å². The van der Waals surface area contributed by atoms with Crippen molar-refractivity contribution in [3.63, 3.8) is 0 Å². The predicted molar refractivity (Wildman–Crippen MR) is 110 cm³/mol. The molecule has 0 saturated heterocycles. The Kier molecular flexibility index (Phi) is 6.22. The molecule has 0 aliphatic heterocycles. The summed E-state index contributed by atoms with van der Waals surface area (Å²) in [5.41, 5.74) is 2.17. The molecule has 0 radical (unpaired) electrons. The number of nitrogens with zero attached hydrogens (tertiary/aromatic N) is 2. The van der Waals surface area contributed by atoms with E-state index in [0.717, 1.165) is 16.9 Å². The molecule has 1 aromatic heterocycles. The first-order valence-corrected chi connectivity index (χ1v) is 9.18. The Morgan fingerprint density at radius 2 is 1.75 bits per heavy atom. The first kappa shape index (κ1) is 19.4. The Hall–Kier alpha value is -3.41. The van der Waals surface area contributed by atoms with Crippen molar-refractivity contribution in [3.8, 4) is 17.1 Å². The maximum Gasteiger partial charge on any atom is 0.270 e. The number of aromatic nitrogens is 2. The van der Waals surface area contributed by atoms with Crippen LogP contribution in [0.4, 0.5) is 5.82 Å². The zero-order valence-electron chi connectivity index (χ0n) is 16.3. The average Bonchev–Trinajstić information content (AvgIpc) is 2.72. The molecule has 2 N–H and O–H groups in total. The first-order chi connectivity index (χ1) is 13.6. The molecule has 3 aromatic rings. The van der Waals surface area contributed by atoms with Gasteiger partial charge >= 0.3 is 0 Å². The third-order valence-electron chi connectivity index (χ3n) is 4.06. The van der Waals surface area contributed by atoms with Crippen LogP contribution in [0.2, 0.25) is 0 Å². The van der Waals surface area contributed by atoms with E-state index in [2.05, 4.69) is 20.6 Å². The van der Waals surface area contributed by atoms with Crippen molar-refractivity contribution >= 4 is 11.7 Å². The minimum Gasteiger partial charge on any atom is -0.496 e. The molecule has 6 heteroatoms. The highest BCUT2D eigenvalue weighted by Gasteiger charge is 2.14. The van der Waals surface area contributed by atoms with E-state index in [0.29, 0.717) is 23.9 Å². The summed E-state index contributed by atoms with van der Waals surface area (Å²) in [7, 11) is 1.64. The van der Waals surface area contributed by atoms with E-state index in [9.17, 15) is 4.79 Å². The molecule has 1 heterocycles. The second kappa shape index (κ2) is 8.99. The van der Waals surface area contributed by atoms with Gasteiger partial charge in [0.1, 0.15) is 17.3 Å². The Labute approximate surface area is 165 Å². The van der Waals surface area contributed by atoms with E-state index in [1.165, 1.54) is 0 Å². The van der Waals surface area contributed by atoms with Crippen LogP contribution in [0.1, 0.15) is 29.9 Å². The van der Waals surface area contributed by atoms with Gasteiger partial charge in [-0.2, -0.15) is 0 Å². The van der Waals surface area contributed by atoms with E-state index in [1.54, 1.807) is 13.2 Å². The summed E-state index contributed by atoms with van der Waals surface area (Å²) in [6, 6.07) is 19.1. The zero-order valence-corrected chi connectivity index (χ0v) is 16.3. The molecule has 2 aromatic carbocycles. The summed E-state index contributed by atoms with van der Waals surface area (Å²) >= 11 is 0. The minimum absolute atomic E-state index is 0.0210. The van der Waals surface area contributed by atoms with Crippen LogP contribution < -0.4 is 15.4 Å². The third-order valence-corrected chi connectivity index (χ3v) is 4.06. The van der Waals surface area contributed by atoms with Gasteiger partial charge in [-0.1, -0.05) is 48.5 Å². The van der Waals surface area contributed by atoms with E-state index >= 15 is 0 Å². The lowest BCUT2D eigenvalue weighted by Crippen LogP contribution is -2.31. The van der Waals surface area contributed by atoms with Crippen LogP contribution >= 0.6 is 0 Å². The standard InChI is InChI=1S/C22H24N4O2/c1-15(2)24-22(27)18-13-20(23-14-17-11-7-8-12-19(17)28-3)26-21(25-18)16-9-5-4-6-10-16/h4-13,15H,14H2,1-3H3,(H,24,27)(H,23,25,26). The second-order valence-corrected chi connectivity index (χ2v) is 6.62. The number of benzene rings is 2. The monoisotopic (exact) mass is 376 g/mol. The Balaban J connectivity index is 1.91. The van der Waals surface area contributed by atoms with Crippen molar-refractivity contribution in [1.82, 2.24) is 15.3 Å². The largest absolute Gasteiger partial charge is 0.496 e. The molecular formula is C22H24N4O2. The number of carbonyl (C=O) groups excluding carboxylic acids is 1. The van der Waals surface area contributed by atoms with Crippen LogP contribution in [-0.2, 0) is 6.54 Å². The molecule has 144 valence electrons. The van der Waals surface area contributed by atoms with Gasteiger partial charge in [-0.15, -0.1) is 0 Å². The Morgan fingerprint density at radius 1 is 1.04 bits per heavy atom. The highest BCUT2D eigenvalue weighted by Crippen LogP contribution is 2.21. The van der Waals surface area contributed by atoms with Gasteiger partial charge in [-0.3, -0.25) is 4.79 Å². The molecule has 0 atom stereocenters. The van der Waals surface area contributed by atoms with Gasteiger partial charge in [-0.05, 0) is 19.9 Å². The van der Waals surface area contributed by atoms with Crippen molar-refractivity contribution in [2.45, 2.75) is 26.4 Å². The molecule has 1 amide bonds. The number of amides is 1. The number of carbonyl (C=O) groups is 1. The molecule has 0 aliphatic rings. The molecule has 3 rings (SSSR count). The van der Waals surface area contributed by atoms with Crippen LogP contribution in [0.15, 0.2) is 60.7 Å². The van der Waals surface area contributed by atoms with Crippen LogP contribution in [0.5, 0.6) is 5.75 Å². The zero-order chi connectivity index (χ0) is 19.9. The predicted octanol–water partition coefficient (Wildman–Crippen LogP) is 3.90.